The lowest BCUT2D eigenvalue weighted by Crippen LogP contribution is -2.22. The average molecular weight is 321 g/mol. The lowest BCUT2D eigenvalue weighted by atomic mass is 10.0. The molecule has 0 atom stereocenters. The van der Waals surface area contributed by atoms with E-state index < -0.39 is 46.5 Å². The van der Waals surface area contributed by atoms with Crippen molar-refractivity contribution in [1.29, 1.82) is 0 Å². The molecule has 0 aromatic heterocycles. The third-order valence-corrected chi connectivity index (χ3v) is 2.68. The zero-order valence-electron chi connectivity index (χ0n) is 12.0. The lowest BCUT2D eigenvalue weighted by molar-refractivity contribution is -0.135. The van der Waals surface area contributed by atoms with Crippen molar-refractivity contribution in [3.8, 4) is 0 Å². The first-order chi connectivity index (χ1) is 10.4. The molecule has 1 N–H and O–H groups in total. The van der Waals surface area contributed by atoms with E-state index in [1.807, 2.05) is 0 Å². The number of ether oxygens (including phenoxy) is 3. The Morgan fingerprint density at radius 2 is 1.82 bits per heavy atom. The van der Waals surface area contributed by atoms with Crippen LogP contribution < -0.4 is 0 Å². The molecule has 0 radical (unpaired) electrons. The van der Waals surface area contributed by atoms with E-state index in [0.29, 0.717) is 0 Å². The summed E-state index contributed by atoms with van der Waals surface area (Å²) in [6, 6.07) is 0.747. The standard InChI is InChI=1S/C13H14F3NO5/c1-4-22-12(18)11(17-19)6-5-7(13(20-2)21-3)9(15)10(16)8(6)14/h5,13,19H,4H2,1-3H3/b17-11-. The van der Waals surface area contributed by atoms with Crippen LogP contribution in [0.3, 0.4) is 0 Å². The predicted octanol–water partition coefficient (Wildman–Crippen LogP) is 2.14. The smallest absolute Gasteiger partial charge is 0.361 e. The summed E-state index contributed by atoms with van der Waals surface area (Å²) in [5.41, 5.74) is -2.20. The van der Waals surface area contributed by atoms with Crippen LogP contribution in [0.1, 0.15) is 24.3 Å². The maximum absolute atomic E-state index is 13.9. The van der Waals surface area contributed by atoms with Crippen molar-refractivity contribution in [2.45, 2.75) is 13.2 Å². The predicted molar refractivity (Wildman–Crippen MR) is 68.0 cm³/mol. The molecule has 9 heteroatoms. The molecule has 1 aromatic rings. The molecule has 0 amide bonds. The van der Waals surface area contributed by atoms with Crippen LogP contribution in [0.15, 0.2) is 11.2 Å². The molecule has 0 saturated heterocycles. The van der Waals surface area contributed by atoms with E-state index in [1.165, 1.54) is 6.92 Å². The van der Waals surface area contributed by atoms with Crippen LogP contribution in [0.4, 0.5) is 13.2 Å². The SMILES string of the molecule is CCOC(=O)/C(=N\O)c1cc(C(OC)OC)c(F)c(F)c1F. The molecule has 0 fully saturated rings. The minimum absolute atomic E-state index is 0.0885. The van der Waals surface area contributed by atoms with Gasteiger partial charge in [0.25, 0.3) is 0 Å². The zero-order valence-corrected chi connectivity index (χ0v) is 12.0. The van der Waals surface area contributed by atoms with E-state index >= 15 is 0 Å². The van der Waals surface area contributed by atoms with Gasteiger partial charge in [-0.3, -0.25) is 0 Å². The van der Waals surface area contributed by atoms with Gasteiger partial charge in [0.05, 0.1) is 12.2 Å². The van der Waals surface area contributed by atoms with Crippen LogP contribution in [-0.4, -0.2) is 37.7 Å². The first kappa shape index (κ1) is 17.9. The molecular formula is C13H14F3NO5. The van der Waals surface area contributed by atoms with Crippen molar-refractivity contribution in [3.63, 3.8) is 0 Å². The number of carbonyl (C=O) groups excluding carboxylic acids is 1. The molecule has 1 rings (SSSR count). The average Bonchev–Trinajstić information content (AvgIpc) is 2.51. The van der Waals surface area contributed by atoms with E-state index in [2.05, 4.69) is 9.89 Å². The van der Waals surface area contributed by atoms with Crippen LogP contribution in [0.25, 0.3) is 0 Å². The van der Waals surface area contributed by atoms with Gasteiger partial charge in [0.15, 0.2) is 29.5 Å². The van der Waals surface area contributed by atoms with Crippen LogP contribution in [0.2, 0.25) is 0 Å². The number of hydrogen-bond acceptors (Lipinski definition) is 6. The number of methoxy groups -OCH3 is 2. The van der Waals surface area contributed by atoms with Gasteiger partial charge in [0, 0.05) is 19.8 Å². The Hall–Kier alpha value is -2.13. The molecule has 0 heterocycles. The molecule has 0 aliphatic carbocycles. The number of rotatable bonds is 6. The van der Waals surface area contributed by atoms with Crippen molar-refractivity contribution in [1.82, 2.24) is 0 Å². The minimum atomic E-state index is -1.86. The molecule has 0 unspecified atom stereocenters. The molecule has 22 heavy (non-hydrogen) atoms. The summed E-state index contributed by atoms with van der Waals surface area (Å²) in [5, 5.41) is 11.4. The van der Waals surface area contributed by atoms with Gasteiger partial charge in [-0.1, -0.05) is 5.16 Å². The number of halogens is 3. The van der Waals surface area contributed by atoms with E-state index in [0.717, 1.165) is 20.3 Å². The van der Waals surface area contributed by atoms with Crippen molar-refractivity contribution >= 4 is 11.7 Å². The van der Waals surface area contributed by atoms with Gasteiger partial charge in [-0.15, -0.1) is 0 Å². The van der Waals surface area contributed by atoms with E-state index in [9.17, 15) is 18.0 Å². The summed E-state index contributed by atoms with van der Waals surface area (Å²) in [6.07, 6.45) is -1.35. The van der Waals surface area contributed by atoms with Crippen molar-refractivity contribution in [2.75, 3.05) is 20.8 Å². The highest BCUT2D eigenvalue weighted by atomic mass is 19.2. The molecule has 0 spiro atoms. The Morgan fingerprint density at radius 1 is 1.23 bits per heavy atom. The number of carbonyl (C=O) groups is 1. The normalized spacial score (nSPS) is 11.9. The number of benzene rings is 1. The van der Waals surface area contributed by atoms with Crippen LogP contribution in [0.5, 0.6) is 0 Å². The molecule has 1 aromatic carbocycles. The van der Waals surface area contributed by atoms with Crippen LogP contribution in [0, 0.1) is 17.5 Å². The molecule has 0 aliphatic rings. The Morgan fingerprint density at radius 3 is 2.27 bits per heavy atom. The minimum Gasteiger partial charge on any atom is -0.461 e. The summed E-state index contributed by atoms with van der Waals surface area (Å²) in [7, 11) is 2.31. The summed E-state index contributed by atoms with van der Waals surface area (Å²) in [5.74, 6) is -6.31. The van der Waals surface area contributed by atoms with Crippen molar-refractivity contribution in [3.05, 3.63) is 34.6 Å². The maximum atomic E-state index is 13.9. The third-order valence-electron chi connectivity index (χ3n) is 2.68. The first-order valence-corrected chi connectivity index (χ1v) is 6.05. The summed E-state index contributed by atoms with van der Waals surface area (Å²) >= 11 is 0. The fraction of sp³-hybridized carbons (Fsp3) is 0.385. The second-order valence-corrected chi connectivity index (χ2v) is 3.93. The highest BCUT2D eigenvalue weighted by molar-refractivity contribution is 6.43. The van der Waals surface area contributed by atoms with Gasteiger partial charge in [-0.05, 0) is 13.0 Å². The molecule has 0 bridgehead atoms. The fourth-order valence-corrected chi connectivity index (χ4v) is 1.72. The lowest BCUT2D eigenvalue weighted by Gasteiger charge is -2.16. The molecule has 0 aliphatic heterocycles. The first-order valence-electron chi connectivity index (χ1n) is 6.05. The summed E-state index contributed by atoms with van der Waals surface area (Å²) < 4.78 is 55.4. The quantitative estimate of drug-likeness (QED) is 0.217. The third kappa shape index (κ3) is 3.37. The van der Waals surface area contributed by atoms with Crippen molar-refractivity contribution < 1.29 is 37.4 Å². The fourth-order valence-electron chi connectivity index (χ4n) is 1.72. The van der Waals surface area contributed by atoms with Gasteiger partial charge in [-0.2, -0.15) is 0 Å². The Balaban J connectivity index is 3.51. The molecule has 6 nitrogen and oxygen atoms in total. The van der Waals surface area contributed by atoms with Crippen LogP contribution in [-0.2, 0) is 19.0 Å². The van der Waals surface area contributed by atoms with Gasteiger partial charge < -0.3 is 19.4 Å². The zero-order chi connectivity index (χ0) is 16.9. The van der Waals surface area contributed by atoms with Gasteiger partial charge in [0.1, 0.15) is 0 Å². The van der Waals surface area contributed by atoms with E-state index in [1.54, 1.807) is 0 Å². The topological polar surface area (TPSA) is 77.4 Å². The number of oxime groups is 1. The van der Waals surface area contributed by atoms with Gasteiger partial charge >= 0.3 is 5.97 Å². The number of hydrogen-bond donors (Lipinski definition) is 1. The van der Waals surface area contributed by atoms with Gasteiger partial charge in [-0.25, -0.2) is 18.0 Å². The van der Waals surface area contributed by atoms with E-state index in [-0.39, 0.29) is 6.61 Å². The Labute approximate surface area is 124 Å². The highest BCUT2D eigenvalue weighted by Crippen LogP contribution is 2.27. The van der Waals surface area contributed by atoms with Gasteiger partial charge in [0.2, 0.25) is 0 Å². The molecular weight excluding hydrogens is 307 g/mol. The number of nitrogens with zero attached hydrogens (tertiary/aromatic N) is 1. The highest BCUT2D eigenvalue weighted by Gasteiger charge is 2.29. The summed E-state index contributed by atoms with van der Waals surface area (Å²) in [4.78, 5) is 11.6. The number of esters is 1. The maximum Gasteiger partial charge on any atom is 0.361 e. The second kappa shape index (κ2) is 7.76. The second-order valence-electron chi connectivity index (χ2n) is 3.93. The van der Waals surface area contributed by atoms with Crippen molar-refractivity contribution in [2.24, 2.45) is 5.16 Å². The monoisotopic (exact) mass is 321 g/mol. The Bertz CT molecular complexity index is 588. The largest absolute Gasteiger partial charge is 0.461 e. The molecule has 122 valence electrons. The Kier molecular flexibility index (Phi) is 6.32. The van der Waals surface area contributed by atoms with Crippen LogP contribution >= 0.6 is 0 Å². The van der Waals surface area contributed by atoms with E-state index in [4.69, 9.17) is 14.7 Å². The summed E-state index contributed by atoms with van der Waals surface area (Å²) in [6.45, 7) is 1.38. The molecule has 0 saturated carbocycles.